The molecule has 2 aromatic rings. The second kappa shape index (κ2) is 6.43. The summed E-state index contributed by atoms with van der Waals surface area (Å²) in [4.78, 5) is 0. The fourth-order valence-corrected chi connectivity index (χ4v) is 3.10. The zero-order chi connectivity index (χ0) is 13.8. The predicted octanol–water partition coefficient (Wildman–Crippen LogP) is 2.57. The van der Waals surface area contributed by atoms with E-state index in [1.165, 1.54) is 12.8 Å². The van der Waals surface area contributed by atoms with Gasteiger partial charge in [-0.15, -0.1) is 10.2 Å². The summed E-state index contributed by atoms with van der Waals surface area (Å²) in [6, 6.07) is 10.9. The lowest BCUT2D eigenvalue weighted by atomic mass is 10.1. The maximum Gasteiger partial charge on any atom is 0.151 e. The van der Waals surface area contributed by atoms with Gasteiger partial charge in [0.15, 0.2) is 5.01 Å². The predicted molar refractivity (Wildman–Crippen MR) is 79.9 cm³/mol. The van der Waals surface area contributed by atoms with Gasteiger partial charge in [0, 0.05) is 26.1 Å². The topological polar surface area (TPSA) is 47.0 Å². The number of hydrogen-bond acceptors (Lipinski definition) is 5. The van der Waals surface area contributed by atoms with E-state index in [1.807, 2.05) is 18.2 Å². The van der Waals surface area contributed by atoms with Crippen molar-refractivity contribution in [2.75, 3.05) is 13.7 Å². The van der Waals surface area contributed by atoms with Gasteiger partial charge in [-0.1, -0.05) is 41.7 Å². The van der Waals surface area contributed by atoms with E-state index in [9.17, 15) is 0 Å². The van der Waals surface area contributed by atoms with Gasteiger partial charge in [-0.3, -0.25) is 0 Å². The van der Waals surface area contributed by atoms with Crippen molar-refractivity contribution in [3.05, 3.63) is 45.9 Å². The molecule has 1 atom stereocenters. The normalized spacial score (nSPS) is 16.2. The molecule has 0 saturated heterocycles. The number of benzene rings is 1. The zero-order valence-electron chi connectivity index (χ0n) is 11.6. The summed E-state index contributed by atoms with van der Waals surface area (Å²) < 4.78 is 5.58. The molecular formula is C15H19N3OS. The van der Waals surface area contributed by atoms with Gasteiger partial charge in [0.05, 0.1) is 0 Å². The van der Waals surface area contributed by atoms with Gasteiger partial charge in [-0.2, -0.15) is 0 Å². The van der Waals surface area contributed by atoms with Crippen molar-refractivity contribution >= 4 is 11.3 Å². The maximum absolute atomic E-state index is 5.58. The third kappa shape index (κ3) is 3.42. The van der Waals surface area contributed by atoms with Crippen molar-refractivity contribution in [1.29, 1.82) is 0 Å². The van der Waals surface area contributed by atoms with E-state index in [4.69, 9.17) is 4.74 Å². The monoisotopic (exact) mass is 289 g/mol. The SMILES string of the molecule is COC(c1ccccc1)c1nnc(CCNC2CC2)s1. The number of aromatic nitrogens is 2. The molecule has 1 heterocycles. The highest BCUT2D eigenvalue weighted by atomic mass is 32.1. The lowest BCUT2D eigenvalue weighted by molar-refractivity contribution is 0.135. The molecule has 3 rings (SSSR count). The number of methoxy groups -OCH3 is 1. The van der Waals surface area contributed by atoms with E-state index in [0.717, 1.165) is 34.6 Å². The molecule has 20 heavy (non-hydrogen) atoms. The minimum atomic E-state index is -0.112. The van der Waals surface area contributed by atoms with Crippen LogP contribution in [-0.4, -0.2) is 29.9 Å². The number of nitrogens with one attached hydrogen (secondary N) is 1. The van der Waals surface area contributed by atoms with Gasteiger partial charge in [-0.25, -0.2) is 0 Å². The lowest BCUT2D eigenvalue weighted by Crippen LogP contribution is -2.19. The molecule has 1 aromatic heterocycles. The summed E-state index contributed by atoms with van der Waals surface area (Å²) in [5, 5.41) is 14.1. The third-order valence-corrected chi connectivity index (χ3v) is 4.42. The number of ether oxygens (including phenoxy) is 1. The standard InChI is InChI=1S/C15H19N3OS/c1-19-14(11-5-3-2-4-6-11)15-18-17-13(20-15)9-10-16-12-7-8-12/h2-6,12,14,16H,7-10H2,1H3. The average Bonchev–Trinajstić information content (AvgIpc) is 3.19. The second-order valence-electron chi connectivity index (χ2n) is 5.04. The van der Waals surface area contributed by atoms with E-state index in [-0.39, 0.29) is 6.10 Å². The van der Waals surface area contributed by atoms with Crippen LogP contribution in [0.5, 0.6) is 0 Å². The van der Waals surface area contributed by atoms with E-state index >= 15 is 0 Å². The number of rotatable bonds is 7. The van der Waals surface area contributed by atoms with Gasteiger partial charge in [-0.05, 0) is 18.4 Å². The molecule has 1 aliphatic rings. The van der Waals surface area contributed by atoms with Crippen molar-refractivity contribution in [2.45, 2.75) is 31.4 Å². The molecule has 1 unspecified atom stereocenters. The second-order valence-corrected chi connectivity index (χ2v) is 6.13. The molecule has 1 fully saturated rings. The Kier molecular flexibility index (Phi) is 4.40. The maximum atomic E-state index is 5.58. The smallest absolute Gasteiger partial charge is 0.151 e. The molecule has 1 aromatic carbocycles. The summed E-state index contributed by atoms with van der Waals surface area (Å²) >= 11 is 1.65. The highest BCUT2D eigenvalue weighted by Gasteiger charge is 2.21. The van der Waals surface area contributed by atoms with Crippen LogP contribution in [0.25, 0.3) is 0 Å². The van der Waals surface area contributed by atoms with Crippen molar-refractivity contribution in [3.63, 3.8) is 0 Å². The minimum Gasteiger partial charge on any atom is -0.369 e. The van der Waals surface area contributed by atoms with E-state index in [0.29, 0.717) is 0 Å². The van der Waals surface area contributed by atoms with Gasteiger partial charge >= 0.3 is 0 Å². The summed E-state index contributed by atoms with van der Waals surface area (Å²) in [5.74, 6) is 0. The molecule has 0 radical (unpaired) electrons. The van der Waals surface area contributed by atoms with Crippen molar-refractivity contribution in [2.24, 2.45) is 0 Å². The van der Waals surface area contributed by atoms with Crippen LogP contribution >= 0.6 is 11.3 Å². The molecule has 4 nitrogen and oxygen atoms in total. The summed E-state index contributed by atoms with van der Waals surface area (Å²) in [5.41, 5.74) is 1.12. The van der Waals surface area contributed by atoms with Crippen LogP contribution in [0.4, 0.5) is 0 Å². The molecular weight excluding hydrogens is 270 g/mol. The Morgan fingerprint density at radius 3 is 2.80 bits per heavy atom. The van der Waals surface area contributed by atoms with Crippen LogP contribution < -0.4 is 5.32 Å². The molecule has 0 amide bonds. The zero-order valence-corrected chi connectivity index (χ0v) is 12.4. The van der Waals surface area contributed by atoms with E-state index < -0.39 is 0 Å². The number of hydrogen-bond donors (Lipinski definition) is 1. The molecule has 0 spiro atoms. The largest absolute Gasteiger partial charge is 0.369 e. The quantitative estimate of drug-likeness (QED) is 0.851. The molecule has 0 aliphatic heterocycles. The van der Waals surface area contributed by atoms with Crippen molar-refractivity contribution in [3.8, 4) is 0 Å². The molecule has 5 heteroatoms. The lowest BCUT2D eigenvalue weighted by Gasteiger charge is -2.11. The van der Waals surface area contributed by atoms with E-state index in [1.54, 1.807) is 18.4 Å². The Labute approximate surface area is 123 Å². The Morgan fingerprint density at radius 1 is 1.30 bits per heavy atom. The van der Waals surface area contributed by atoms with Gasteiger partial charge in [0.25, 0.3) is 0 Å². The van der Waals surface area contributed by atoms with Gasteiger partial charge < -0.3 is 10.1 Å². The van der Waals surface area contributed by atoms with Crippen LogP contribution in [0.15, 0.2) is 30.3 Å². The molecule has 106 valence electrons. The van der Waals surface area contributed by atoms with Crippen LogP contribution in [0.3, 0.4) is 0 Å². The van der Waals surface area contributed by atoms with E-state index in [2.05, 4.69) is 27.6 Å². The summed E-state index contributed by atoms with van der Waals surface area (Å²) in [6.45, 7) is 0.988. The van der Waals surface area contributed by atoms with Gasteiger partial charge in [0.1, 0.15) is 11.1 Å². The molecule has 1 N–H and O–H groups in total. The first-order valence-corrected chi connectivity index (χ1v) is 7.82. The first-order chi connectivity index (χ1) is 9.86. The van der Waals surface area contributed by atoms with Crippen molar-refractivity contribution in [1.82, 2.24) is 15.5 Å². The Bertz CT molecular complexity index is 539. The van der Waals surface area contributed by atoms with Crippen LogP contribution in [0, 0.1) is 0 Å². The van der Waals surface area contributed by atoms with Gasteiger partial charge in [0.2, 0.25) is 0 Å². The average molecular weight is 289 g/mol. The fraction of sp³-hybridized carbons (Fsp3) is 0.467. The Morgan fingerprint density at radius 2 is 2.10 bits per heavy atom. The summed E-state index contributed by atoms with van der Waals surface area (Å²) in [7, 11) is 1.72. The van der Waals surface area contributed by atoms with Crippen LogP contribution in [0.2, 0.25) is 0 Å². The number of nitrogens with zero attached hydrogens (tertiary/aromatic N) is 2. The highest BCUT2D eigenvalue weighted by Crippen LogP contribution is 2.27. The highest BCUT2D eigenvalue weighted by molar-refractivity contribution is 7.11. The van der Waals surface area contributed by atoms with Crippen LogP contribution in [0.1, 0.15) is 34.5 Å². The fourth-order valence-electron chi connectivity index (χ4n) is 2.15. The Hall–Kier alpha value is -1.30. The Balaban J connectivity index is 1.64. The minimum absolute atomic E-state index is 0.112. The third-order valence-electron chi connectivity index (χ3n) is 3.39. The summed E-state index contributed by atoms with van der Waals surface area (Å²) in [6.07, 6.45) is 3.47. The molecule has 1 aliphatic carbocycles. The first-order valence-electron chi connectivity index (χ1n) is 7.00. The van der Waals surface area contributed by atoms with Crippen LogP contribution in [-0.2, 0) is 11.2 Å². The van der Waals surface area contributed by atoms with Crippen molar-refractivity contribution < 1.29 is 4.74 Å². The first kappa shape index (κ1) is 13.7. The molecule has 1 saturated carbocycles. The molecule has 0 bridgehead atoms.